The highest BCUT2D eigenvalue weighted by Gasteiger charge is 2.33. The lowest BCUT2D eigenvalue weighted by atomic mass is 9.87. The molecular formula is C26H35N3O3. The Balaban J connectivity index is 1.47. The fraction of sp³-hybridized carbons (Fsp3) is 0.538. The van der Waals surface area contributed by atoms with Gasteiger partial charge in [-0.25, -0.2) is 0 Å². The number of carbonyl (C=O) groups excluding carboxylic acids is 1. The third-order valence-corrected chi connectivity index (χ3v) is 6.90. The van der Waals surface area contributed by atoms with Gasteiger partial charge < -0.3 is 14.8 Å². The van der Waals surface area contributed by atoms with Gasteiger partial charge in [0.15, 0.2) is 11.5 Å². The molecule has 0 bridgehead atoms. The molecule has 0 spiro atoms. The van der Waals surface area contributed by atoms with Crippen LogP contribution in [-0.4, -0.2) is 43.1 Å². The normalized spacial score (nSPS) is 20.6. The molecule has 0 radical (unpaired) electrons. The highest BCUT2D eigenvalue weighted by molar-refractivity contribution is 5.79. The van der Waals surface area contributed by atoms with Crippen molar-refractivity contribution < 1.29 is 14.3 Å². The summed E-state index contributed by atoms with van der Waals surface area (Å²) in [6.45, 7) is 2.83. The number of aromatic nitrogens is 1. The zero-order chi connectivity index (χ0) is 22.3. The van der Waals surface area contributed by atoms with Gasteiger partial charge in [-0.1, -0.05) is 25.0 Å². The average molecular weight is 438 g/mol. The Hall–Kier alpha value is -2.60. The molecule has 6 nitrogen and oxygen atoms in total. The molecule has 2 fully saturated rings. The van der Waals surface area contributed by atoms with Gasteiger partial charge in [0.05, 0.1) is 26.0 Å². The number of likely N-dealkylation sites (tertiary alicyclic amines) is 1. The highest BCUT2D eigenvalue weighted by atomic mass is 16.5. The zero-order valence-electron chi connectivity index (χ0n) is 19.3. The summed E-state index contributed by atoms with van der Waals surface area (Å²) in [5, 5.41) is 3.40. The Bertz CT molecular complexity index is 883. The smallest absolute Gasteiger partial charge is 0.223 e. The number of rotatable bonds is 8. The molecule has 1 saturated carbocycles. The lowest BCUT2D eigenvalue weighted by Gasteiger charge is -2.37. The van der Waals surface area contributed by atoms with Crippen LogP contribution in [0.15, 0.2) is 42.6 Å². The average Bonchev–Trinajstić information content (AvgIpc) is 3.38. The first kappa shape index (κ1) is 22.6. The fourth-order valence-electron chi connectivity index (χ4n) is 5.20. The molecule has 1 amide bonds. The molecule has 1 saturated heterocycles. The minimum absolute atomic E-state index is 0.0440. The van der Waals surface area contributed by atoms with Crippen LogP contribution in [0, 0.1) is 11.8 Å². The minimum atomic E-state index is -0.0440. The van der Waals surface area contributed by atoms with E-state index in [1.807, 2.05) is 30.5 Å². The van der Waals surface area contributed by atoms with Crippen molar-refractivity contribution >= 4 is 5.91 Å². The van der Waals surface area contributed by atoms with Gasteiger partial charge in [0, 0.05) is 25.2 Å². The van der Waals surface area contributed by atoms with Crippen molar-refractivity contribution in [1.82, 2.24) is 15.2 Å². The number of nitrogens with one attached hydrogen (secondary N) is 1. The number of benzene rings is 1. The number of piperidine rings is 1. The Morgan fingerprint density at radius 2 is 1.91 bits per heavy atom. The zero-order valence-corrected chi connectivity index (χ0v) is 19.3. The van der Waals surface area contributed by atoms with E-state index in [0.29, 0.717) is 5.92 Å². The summed E-state index contributed by atoms with van der Waals surface area (Å²) in [5.74, 6) is 2.21. The summed E-state index contributed by atoms with van der Waals surface area (Å²) < 4.78 is 10.8. The van der Waals surface area contributed by atoms with Crippen LogP contribution >= 0.6 is 0 Å². The number of pyridine rings is 1. The number of ether oxygens (including phenoxy) is 2. The van der Waals surface area contributed by atoms with Gasteiger partial charge in [0.25, 0.3) is 0 Å². The first-order chi connectivity index (χ1) is 15.7. The molecule has 172 valence electrons. The van der Waals surface area contributed by atoms with Gasteiger partial charge in [0.2, 0.25) is 5.91 Å². The number of amides is 1. The summed E-state index contributed by atoms with van der Waals surface area (Å²) in [6.07, 6.45) is 8.38. The Morgan fingerprint density at radius 3 is 2.62 bits per heavy atom. The van der Waals surface area contributed by atoms with Gasteiger partial charge in [-0.15, -0.1) is 0 Å². The number of hydrogen-bond donors (Lipinski definition) is 1. The van der Waals surface area contributed by atoms with Crippen molar-refractivity contribution in [1.29, 1.82) is 0 Å². The monoisotopic (exact) mass is 437 g/mol. The van der Waals surface area contributed by atoms with Crippen LogP contribution in [0.25, 0.3) is 0 Å². The van der Waals surface area contributed by atoms with Crippen molar-refractivity contribution in [3.05, 3.63) is 53.9 Å². The standard InChI is InChI=1S/C26H35N3O3/c1-31-23-13-12-19(16-24(23)32-2)17-29-15-7-10-21(18-29)25(22-11-5-6-14-27-22)28-26(30)20-8-3-4-9-20/h5-6,11-14,16,20-21,25H,3-4,7-10,15,17-18H2,1-2H3,(H,28,30)/t21-,25-/m1/s1. The van der Waals surface area contributed by atoms with Crippen LogP contribution in [0.5, 0.6) is 11.5 Å². The Labute approximate surface area is 191 Å². The predicted octanol–water partition coefficient (Wildman–Crippen LogP) is 4.36. The summed E-state index contributed by atoms with van der Waals surface area (Å²) >= 11 is 0. The maximum atomic E-state index is 13.0. The van der Waals surface area contributed by atoms with E-state index >= 15 is 0 Å². The van der Waals surface area contributed by atoms with E-state index in [4.69, 9.17) is 9.47 Å². The number of nitrogens with zero attached hydrogens (tertiary/aromatic N) is 2. The van der Waals surface area contributed by atoms with Gasteiger partial charge >= 0.3 is 0 Å². The van der Waals surface area contributed by atoms with E-state index in [1.165, 1.54) is 5.56 Å². The SMILES string of the molecule is COc1ccc(CN2CCC[C@@H]([C@@H](NC(=O)C3CCCC3)c3ccccn3)C2)cc1OC. The number of carbonyl (C=O) groups is 1. The van der Waals surface area contributed by atoms with Crippen LogP contribution in [0.4, 0.5) is 0 Å². The van der Waals surface area contributed by atoms with Crippen LogP contribution in [0.2, 0.25) is 0 Å². The van der Waals surface area contributed by atoms with Gasteiger partial charge in [0.1, 0.15) is 0 Å². The van der Waals surface area contributed by atoms with E-state index in [1.54, 1.807) is 14.2 Å². The third kappa shape index (κ3) is 5.41. The van der Waals surface area contributed by atoms with E-state index in [0.717, 1.165) is 75.4 Å². The molecule has 6 heteroatoms. The molecular weight excluding hydrogens is 402 g/mol. The topological polar surface area (TPSA) is 63.7 Å². The Morgan fingerprint density at radius 1 is 1.09 bits per heavy atom. The number of methoxy groups -OCH3 is 2. The van der Waals surface area contributed by atoms with Crippen molar-refractivity contribution in [2.45, 2.75) is 51.1 Å². The second kappa shape index (κ2) is 10.8. The van der Waals surface area contributed by atoms with Crippen molar-refractivity contribution in [3.63, 3.8) is 0 Å². The molecule has 2 aromatic rings. The predicted molar refractivity (Wildman–Crippen MR) is 125 cm³/mol. The van der Waals surface area contributed by atoms with Gasteiger partial charge in [-0.2, -0.15) is 0 Å². The van der Waals surface area contributed by atoms with Crippen molar-refractivity contribution in [2.24, 2.45) is 11.8 Å². The molecule has 2 heterocycles. The molecule has 1 N–H and O–H groups in total. The van der Waals surface area contributed by atoms with E-state index < -0.39 is 0 Å². The molecule has 32 heavy (non-hydrogen) atoms. The number of hydrogen-bond acceptors (Lipinski definition) is 5. The third-order valence-electron chi connectivity index (χ3n) is 6.90. The Kier molecular flexibility index (Phi) is 7.63. The maximum Gasteiger partial charge on any atom is 0.223 e. The lowest BCUT2D eigenvalue weighted by Crippen LogP contribution is -2.44. The second-order valence-corrected chi connectivity index (χ2v) is 9.05. The van der Waals surface area contributed by atoms with E-state index in [9.17, 15) is 4.79 Å². The first-order valence-corrected chi connectivity index (χ1v) is 11.8. The second-order valence-electron chi connectivity index (χ2n) is 9.05. The molecule has 1 aromatic carbocycles. The lowest BCUT2D eigenvalue weighted by molar-refractivity contribution is -0.126. The summed E-state index contributed by atoms with van der Waals surface area (Å²) in [4.78, 5) is 20.1. The van der Waals surface area contributed by atoms with Gasteiger partial charge in [-0.05, 0) is 68.0 Å². The van der Waals surface area contributed by atoms with Crippen LogP contribution in [0.1, 0.15) is 55.8 Å². The molecule has 0 unspecified atom stereocenters. The first-order valence-electron chi connectivity index (χ1n) is 11.8. The van der Waals surface area contributed by atoms with Crippen molar-refractivity contribution in [2.75, 3.05) is 27.3 Å². The van der Waals surface area contributed by atoms with Crippen molar-refractivity contribution in [3.8, 4) is 11.5 Å². The van der Waals surface area contributed by atoms with E-state index in [2.05, 4.69) is 27.3 Å². The maximum absolute atomic E-state index is 13.0. The van der Waals surface area contributed by atoms with Crippen LogP contribution in [-0.2, 0) is 11.3 Å². The summed E-state index contributed by atoms with van der Waals surface area (Å²) in [5.41, 5.74) is 2.17. The molecule has 1 aliphatic carbocycles. The quantitative estimate of drug-likeness (QED) is 0.665. The highest BCUT2D eigenvalue weighted by Crippen LogP contribution is 2.33. The molecule has 4 rings (SSSR count). The minimum Gasteiger partial charge on any atom is -0.493 e. The molecule has 2 aliphatic rings. The summed E-state index contributed by atoms with van der Waals surface area (Å²) in [6, 6.07) is 12.1. The molecule has 1 aliphatic heterocycles. The van der Waals surface area contributed by atoms with E-state index in [-0.39, 0.29) is 17.9 Å². The summed E-state index contributed by atoms with van der Waals surface area (Å²) in [7, 11) is 3.33. The van der Waals surface area contributed by atoms with Gasteiger partial charge in [-0.3, -0.25) is 14.7 Å². The largest absolute Gasteiger partial charge is 0.493 e. The van der Waals surface area contributed by atoms with Crippen LogP contribution < -0.4 is 14.8 Å². The molecule has 2 atom stereocenters. The molecule has 1 aromatic heterocycles. The van der Waals surface area contributed by atoms with Crippen LogP contribution in [0.3, 0.4) is 0 Å². The fourth-order valence-corrected chi connectivity index (χ4v) is 5.20.